The minimum Gasteiger partial charge on any atom is -0.323 e. The van der Waals surface area contributed by atoms with Crippen LogP contribution in [0.15, 0.2) is 54.6 Å². The van der Waals surface area contributed by atoms with Gasteiger partial charge in [-0.05, 0) is 36.5 Å². The van der Waals surface area contributed by atoms with Gasteiger partial charge in [0, 0.05) is 24.8 Å². The highest BCUT2D eigenvalue weighted by atomic mass is 32.2. The molecule has 2 N–H and O–H groups in total. The summed E-state index contributed by atoms with van der Waals surface area (Å²) >= 11 is 0. The van der Waals surface area contributed by atoms with Gasteiger partial charge in [0.25, 0.3) is 0 Å². The van der Waals surface area contributed by atoms with Gasteiger partial charge in [-0.1, -0.05) is 48.5 Å². The molecule has 0 unspecified atom stereocenters. The molecular formula is C20H25N3O3S. The number of carbonyl (C=O) groups excluding carboxylic acids is 1. The third-order valence-electron chi connectivity index (χ3n) is 4.59. The highest BCUT2D eigenvalue weighted by Gasteiger charge is 2.25. The van der Waals surface area contributed by atoms with Crippen LogP contribution in [-0.2, 0) is 16.4 Å². The largest absolute Gasteiger partial charge is 0.323 e. The van der Waals surface area contributed by atoms with Gasteiger partial charge in [0.1, 0.15) is 0 Å². The number of nitrogens with one attached hydrogen (secondary N) is 2. The van der Waals surface area contributed by atoms with Crippen molar-refractivity contribution in [3.63, 3.8) is 0 Å². The van der Waals surface area contributed by atoms with Crippen molar-refractivity contribution in [2.24, 2.45) is 0 Å². The molecule has 0 saturated carbocycles. The summed E-state index contributed by atoms with van der Waals surface area (Å²) in [5.41, 5.74) is 3.00. The summed E-state index contributed by atoms with van der Waals surface area (Å²) in [6, 6.07) is 17.4. The minimum atomic E-state index is -3.28. The molecule has 27 heavy (non-hydrogen) atoms. The molecule has 2 aromatic carbocycles. The Morgan fingerprint density at radius 1 is 1.11 bits per heavy atom. The lowest BCUT2D eigenvalue weighted by molar-refractivity contribution is 0.190. The number of nitrogens with zero attached hydrogens (tertiary/aromatic N) is 1. The number of carbonyl (C=O) groups is 1. The smallest absolute Gasteiger partial charge is 0.321 e. The average molecular weight is 388 g/mol. The minimum absolute atomic E-state index is 0.199. The predicted molar refractivity (Wildman–Crippen MR) is 107 cm³/mol. The van der Waals surface area contributed by atoms with Crippen LogP contribution in [0.3, 0.4) is 0 Å². The van der Waals surface area contributed by atoms with Crippen LogP contribution in [0, 0.1) is 0 Å². The van der Waals surface area contributed by atoms with Crippen molar-refractivity contribution < 1.29 is 13.2 Å². The van der Waals surface area contributed by atoms with Gasteiger partial charge >= 0.3 is 6.03 Å². The first-order valence-electron chi connectivity index (χ1n) is 9.06. The van der Waals surface area contributed by atoms with E-state index in [4.69, 9.17) is 0 Å². The number of piperidine rings is 1. The Balaban J connectivity index is 1.67. The molecule has 0 spiro atoms. The average Bonchev–Trinajstić information content (AvgIpc) is 2.63. The predicted octanol–water partition coefficient (Wildman–Crippen LogP) is 2.82. The van der Waals surface area contributed by atoms with E-state index in [0.29, 0.717) is 13.1 Å². The number of amides is 2. The van der Waals surface area contributed by atoms with Gasteiger partial charge < -0.3 is 10.2 Å². The molecule has 2 amide bonds. The van der Waals surface area contributed by atoms with E-state index in [1.165, 1.54) is 5.56 Å². The lowest BCUT2D eigenvalue weighted by Crippen LogP contribution is -2.50. The van der Waals surface area contributed by atoms with E-state index in [1.807, 2.05) is 42.5 Å². The van der Waals surface area contributed by atoms with Crippen LogP contribution in [0.5, 0.6) is 0 Å². The first-order valence-corrected chi connectivity index (χ1v) is 10.9. The van der Waals surface area contributed by atoms with Gasteiger partial charge in [-0.15, -0.1) is 0 Å². The normalized spacial score (nSPS) is 17.5. The van der Waals surface area contributed by atoms with Gasteiger partial charge in [0.2, 0.25) is 10.0 Å². The van der Waals surface area contributed by atoms with Gasteiger partial charge in [0.05, 0.1) is 6.26 Å². The van der Waals surface area contributed by atoms with Crippen molar-refractivity contribution in [1.82, 2.24) is 9.62 Å². The van der Waals surface area contributed by atoms with E-state index >= 15 is 0 Å². The van der Waals surface area contributed by atoms with E-state index in [9.17, 15) is 13.2 Å². The molecule has 1 heterocycles. The second kappa shape index (κ2) is 8.54. The topological polar surface area (TPSA) is 78.5 Å². The Kier molecular flexibility index (Phi) is 6.13. The van der Waals surface area contributed by atoms with Gasteiger partial charge in [-0.25, -0.2) is 17.9 Å². The maximum Gasteiger partial charge on any atom is 0.321 e. The van der Waals surface area contributed by atoms with Crippen LogP contribution in [0.1, 0.15) is 24.0 Å². The van der Waals surface area contributed by atoms with E-state index in [1.54, 1.807) is 4.90 Å². The first kappa shape index (κ1) is 19.4. The fourth-order valence-corrected chi connectivity index (χ4v) is 4.16. The van der Waals surface area contributed by atoms with E-state index in [0.717, 1.165) is 36.8 Å². The highest BCUT2D eigenvalue weighted by Crippen LogP contribution is 2.20. The molecule has 0 radical (unpaired) electrons. The number of urea groups is 1. The second-order valence-electron chi connectivity index (χ2n) is 6.92. The number of hydrogen-bond acceptors (Lipinski definition) is 3. The highest BCUT2D eigenvalue weighted by molar-refractivity contribution is 7.88. The SMILES string of the molecule is CS(=O)(=O)N[C@@H]1CCCN(C(=O)Nc2ccccc2Cc2ccccc2)C1. The maximum absolute atomic E-state index is 12.7. The van der Waals surface area contributed by atoms with E-state index in [-0.39, 0.29) is 12.1 Å². The zero-order chi connectivity index (χ0) is 19.3. The summed E-state index contributed by atoms with van der Waals surface area (Å²) in [5.74, 6) is 0. The standard InChI is InChI=1S/C20H25N3O3S/c1-27(25,26)22-18-11-7-13-23(15-18)20(24)21-19-12-6-5-10-17(19)14-16-8-3-2-4-9-16/h2-6,8-10,12,18,22H,7,11,13-15H2,1H3,(H,21,24)/t18-/m1/s1. The van der Waals surface area contributed by atoms with Gasteiger partial charge in [-0.3, -0.25) is 0 Å². The lowest BCUT2D eigenvalue weighted by atomic mass is 10.0. The first-order chi connectivity index (χ1) is 12.9. The summed E-state index contributed by atoms with van der Waals surface area (Å²) < 4.78 is 25.5. The summed E-state index contributed by atoms with van der Waals surface area (Å²) in [4.78, 5) is 14.4. The van der Waals surface area contributed by atoms with Crippen molar-refractivity contribution in [2.75, 3.05) is 24.7 Å². The van der Waals surface area contributed by atoms with Crippen molar-refractivity contribution in [3.05, 3.63) is 65.7 Å². The van der Waals surface area contributed by atoms with Crippen molar-refractivity contribution >= 4 is 21.7 Å². The van der Waals surface area contributed by atoms with E-state index < -0.39 is 10.0 Å². The Morgan fingerprint density at radius 3 is 2.56 bits per heavy atom. The fourth-order valence-electron chi connectivity index (χ4n) is 3.37. The molecule has 0 bridgehead atoms. The third kappa shape index (κ3) is 5.80. The Labute approximate surface area is 160 Å². The Bertz CT molecular complexity index is 884. The van der Waals surface area contributed by atoms with E-state index in [2.05, 4.69) is 22.2 Å². The van der Waals surface area contributed by atoms with Crippen LogP contribution >= 0.6 is 0 Å². The molecule has 3 rings (SSSR count). The maximum atomic E-state index is 12.7. The Morgan fingerprint density at radius 2 is 1.81 bits per heavy atom. The fraction of sp³-hybridized carbons (Fsp3) is 0.350. The van der Waals surface area contributed by atoms with Crippen LogP contribution in [0.25, 0.3) is 0 Å². The Hall–Kier alpha value is -2.38. The van der Waals surface area contributed by atoms with Crippen LogP contribution < -0.4 is 10.0 Å². The molecular weight excluding hydrogens is 362 g/mol. The van der Waals surface area contributed by atoms with Crippen molar-refractivity contribution in [3.8, 4) is 0 Å². The molecule has 1 aliphatic heterocycles. The number of likely N-dealkylation sites (tertiary alicyclic amines) is 1. The van der Waals surface area contributed by atoms with Gasteiger partial charge in [0.15, 0.2) is 0 Å². The molecule has 1 saturated heterocycles. The van der Waals surface area contributed by atoms with Crippen molar-refractivity contribution in [1.29, 1.82) is 0 Å². The number of sulfonamides is 1. The molecule has 0 aromatic heterocycles. The zero-order valence-corrected chi connectivity index (χ0v) is 16.2. The lowest BCUT2D eigenvalue weighted by Gasteiger charge is -2.33. The van der Waals surface area contributed by atoms with Crippen LogP contribution in [-0.4, -0.2) is 44.7 Å². The molecule has 1 atom stereocenters. The van der Waals surface area contributed by atoms with Crippen LogP contribution in [0.4, 0.5) is 10.5 Å². The molecule has 1 fully saturated rings. The number of para-hydroxylation sites is 1. The molecule has 7 heteroatoms. The molecule has 6 nitrogen and oxygen atoms in total. The second-order valence-corrected chi connectivity index (χ2v) is 8.70. The summed E-state index contributed by atoms with van der Waals surface area (Å²) in [6.45, 7) is 0.994. The molecule has 1 aliphatic rings. The van der Waals surface area contributed by atoms with Crippen molar-refractivity contribution in [2.45, 2.75) is 25.3 Å². The zero-order valence-electron chi connectivity index (χ0n) is 15.4. The number of rotatable bonds is 5. The van der Waals surface area contributed by atoms with Gasteiger partial charge in [-0.2, -0.15) is 0 Å². The number of hydrogen-bond donors (Lipinski definition) is 2. The monoisotopic (exact) mass is 387 g/mol. The number of benzene rings is 2. The molecule has 144 valence electrons. The molecule has 2 aromatic rings. The summed E-state index contributed by atoms with van der Waals surface area (Å²) in [6.07, 6.45) is 3.38. The summed E-state index contributed by atoms with van der Waals surface area (Å²) in [7, 11) is -3.28. The third-order valence-corrected chi connectivity index (χ3v) is 5.35. The molecule has 0 aliphatic carbocycles. The quantitative estimate of drug-likeness (QED) is 0.828. The number of anilines is 1. The summed E-state index contributed by atoms with van der Waals surface area (Å²) in [5, 5.41) is 2.99. The van der Waals surface area contributed by atoms with Crippen LogP contribution in [0.2, 0.25) is 0 Å².